The van der Waals surface area contributed by atoms with E-state index in [1.54, 1.807) is 0 Å². The molecule has 2 aromatic rings. The normalized spacial score (nSPS) is 15.1. The fraction of sp³-hybridized carbons (Fsp3) is 0.450. The third-order valence-corrected chi connectivity index (χ3v) is 5.96. The van der Waals surface area contributed by atoms with Crippen LogP contribution in [-0.2, 0) is 11.2 Å². The molecule has 1 N–H and O–H groups in total. The lowest BCUT2D eigenvalue weighted by molar-refractivity contribution is -0.120. The molecule has 0 spiro atoms. The molecule has 0 aromatic heterocycles. The third-order valence-electron chi connectivity index (χ3n) is 4.58. The van der Waals surface area contributed by atoms with E-state index >= 15 is 0 Å². The van der Waals surface area contributed by atoms with Gasteiger partial charge in [-0.05, 0) is 35.6 Å². The zero-order valence-electron chi connectivity index (χ0n) is 13.6. The molecule has 122 valence electrons. The number of carbonyl (C=O) groups excluding carboxylic acids is 1. The van der Waals surface area contributed by atoms with E-state index in [0.29, 0.717) is 6.42 Å². The second kappa shape index (κ2) is 8.39. The molecular weight excluding hydrogens is 302 g/mol. The van der Waals surface area contributed by atoms with Crippen molar-refractivity contribution in [3.05, 3.63) is 48.0 Å². The van der Waals surface area contributed by atoms with E-state index in [2.05, 4.69) is 47.8 Å². The van der Waals surface area contributed by atoms with E-state index < -0.39 is 0 Å². The Labute approximate surface area is 143 Å². The van der Waals surface area contributed by atoms with Crippen molar-refractivity contribution in [2.45, 2.75) is 43.8 Å². The van der Waals surface area contributed by atoms with Crippen molar-refractivity contribution in [2.24, 2.45) is 0 Å². The van der Waals surface area contributed by atoms with Crippen molar-refractivity contribution in [1.29, 1.82) is 0 Å². The standard InChI is InChI=1S/C20H25NOS/c22-20(21-14-15-23-18-9-2-3-10-18)13-12-17-8-5-7-16-6-1-4-11-19(16)17/h1,4-8,11,18H,2-3,9-10,12-15H2,(H,21,22). The first kappa shape index (κ1) is 16.4. The average molecular weight is 327 g/mol. The molecule has 0 heterocycles. The predicted molar refractivity (Wildman–Crippen MR) is 100.0 cm³/mol. The summed E-state index contributed by atoms with van der Waals surface area (Å²) in [5.74, 6) is 1.22. The van der Waals surface area contributed by atoms with Gasteiger partial charge in [-0.2, -0.15) is 11.8 Å². The number of nitrogens with one attached hydrogen (secondary N) is 1. The summed E-state index contributed by atoms with van der Waals surface area (Å²) in [6.45, 7) is 0.801. The molecule has 3 heteroatoms. The Balaban J connectivity index is 1.41. The van der Waals surface area contributed by atoms with E-state index in [0.717, 1.165) is 24.0 Å². The molecule has 1 saturated carbocycles. The zero-order chi connectivity index (χ0) is 15.9. The van der Waals surface area contributed by atoms with Crippen LogP contribution in [-0.4, -0.2) is 23.5 Å². The topological polar surface area (TPSA) is 29.1 Å². The van der Waals surface area contributed by atoms with E-state index in [-0.39, 0.29) is 5.91 Å². The number of carbonyl (C=O) groups is 1. The van der Waals surface area contributed by atoms with Crippen LogP contribution in [0.15, 0.2) is 42.5 Å². The second-order valence-corrected chi connectivity index (χ2v) is 7.67. The van der Waals surface area contributed by atoms with Crippen LogP contribution in [0.2, 0.25) is 0 Å². The second-order valence-electron chi connectivity index (χ2n) is 6.27. The number of amides is 1. The van der Waals surface area contributed by atoms with Gasteiger partial charge in [-0.3, -0.25) is 4.79 Å². The van der Waals surface area contributed by atoms with Gasteiger partial charge in [0.25, 0.3) is 0 Å². The van der Waals surface area contributed by atoms with Gasteiger partial charge in [0, 0.05) is 24.0 Å². The van der Waals surface area contributed by atoms with Crippen molar-refractivity contribution in [3.63, 3.8) is 0 Å². The van der Waals surface area contributed by atoms with Crippen LogP contribution in [0.4, 0.5) is 0 Å². The molecule has 23 heavy (non-hydrogen) atoms. The maximum atomic E-state index is 12.0. The summed E-state index contributed by atoms with van der Waals surface area (Å²) in [5.41, 5.74) is 1.26. The zero-order valence-corrected chi connectivity index (χ0v) is 14.4. The summed E-state index contributed by atoms with van der Waals surface area (Å²) in [4.78, 5) is 12.0. The Morgan fingerprint density at radius 2 is 1.87 bits per heavy atom. The van der Waals surface area contributed by atoms with Crippen LogP contribution < -0.4 is 5.32 Å². The number of benzene rings is 2. The number of hydrogen-bond acceptors (Lipinski definition) is 2. The van der Waals surface area contributed by atoms with Crippen molar-refractivity contribution in [1.82, 2.24) is 5.32 Å². The highest BCUT2D eigenvalue weighted by molar-refractivity contribution is 7.99. The molecule has 0 atom stereocenters. The van der Waals surface area contributed by atoms with E-state index in [9.17, 15) is 4.79 Å². The van der Waals surface area contributed by atoms with Gasteiger partial charge in [0.15, 0.2) is 0 Å². The number of rotatable bonds is 7. The number of fused-ring (bicyclic) bond motifs is 1. The highest BCUT2D eigenvalue weighted by Crippen LogP contribution is 2.28. The van der Waals surface area contributed by atoms with Crippen molar-refractivity contribution < 1.29 is 4.79 Å². The maximum absolute atomic E-state index is 12.0. The molecule has 1 fully saturated rings. The molecular formula is C20H25NOS. The van der Waals surface area contributed by atoms with Gasteiger partial charge in [-0.15, -0.1) is 0 Å². The Morgan fingerprint density at radius 1 is 1.09 bits per heavy atom. The summed E-state index contributed by atoms with van der Waals surface area (Å²) in [5, 5.41) is 6.41. The molecule has 0 unspecified atom stereocenters. The first-order valence-corrected chi connectivity index (χ1v) is 9.73. The lowest BCUT2D eigenvalue weighted by Gasteiger charge is -2.10. The van der Waals surface area contributed by atoms with E-state index in [4.69, 9.17) is 0 Å². The quantitative estimate of drug-likeness (QED) is 0.755. The highest BCUT2D eigenvalue weighted by Gasteiger charge is 2.14. The van der Waals surface area contributed by atoms with Crippen LogP contribution >= 0.6 is 11.8 Å². The maximum Gasteiger partial charge on any atom is 0.220 e. The van der Waals surface area contributed by atoms with Crippen LogP contribution in [0.5, 0.6) is 0 Å². The van der Waals surface area contributed by atoms with Crippen LogP contribution in [0.1, 0.15) is 37.7 Å². The SMILES string of the molecule is O=C(CCc1cccc2ccccc12)NCCSC1CCCC1. The van der Waals surface area contributed by atoms with Gasteiger partial charge in [0.05, 0.1) is 0 Å². The van der Waals surface area contributed by atoms with Crippen LogP contribution in [0.25, 0.3) is 10.8 Å². The van der Waals surface area contributed by atoms with Gasteiger partial charge >= 0.3 is 0 Å². The monoisotopic (exact) mass is 327 g/mol. The molecule has 1 aliphatic rings. The first-order chi connectivity index (χ1) is 11.3. The summed E-state index contributed by atoms with van der Waals surface area (Å²) in [6, 6.07) is 14.7. The summed E-state index contributed by atoms with van der Waals surface area (Å²) in [6.07, 6.45) is 6.87. The van der Waals surface area contributed by atoms with Gasteiger partial charge < -0.3 is 5.32 Å². The van der Waals surface area contributed by atoms with Gasteiger partial charge in [-0.1, -0.05) is 55.3 Å². The predicted octanol–water partition coefficient (Wildman–Crippen LogP) is 4.56. The minimum absolute atomic E-state index is 0.171. The molecule has 1 amide bonds. The molecule has 3 rings (SSSR count). The molecule has 0 radical (unpaired) electrons. The molecule has 2 nitrogen and oxygen atoms in total. The Kier molecular flexibility index (Phi) is 5.98. The van der Waals surface area contributed by atoms with Crippen molar-refractivity contribution in [2.75, 3.05) is 12.3 Å². The molecule has 2 aromatic carbocycles. The van der Waals surface area contributed by atoms with Gasteiger partial charge in [-0.25, -0.2) is 0 Å². The van der Waals surface area contributed by atoms with Crippen LogP contribution in [0.3, 0.4) is 0 Å². The molecule has 1 aliphatic carbocycles. The average Bonchev–Trinajstić information content (AvgIpc) is 3.10. The fourth-order valence-corrected chi connectivity index (χ4v) is 4.54. The fourth-order valence-electron chi connectivity index (χ4n) is 3.32. The molecule has 0 saturated heterocycles. The Morgan fingerprint density at radius 3 is 2.74 bits per heavy atom. The van der Waals surface area contributed by atoms with E-state index in [1.165, 1.54) is 42.0 Å². The van der Waals surface area contributed by atoms with Crippen LogP contribution in [0, 0.1) is 0 Å². The summed E-state index contributed by atoms with van der Waals surface area (Å²) >= 11 is 2.03. The smallest absolute Gasteiger partial charge is 0.220 e. The number of hydrogen-bond donors (Lipinski definition) is 1. The summed E-state index contributed by atoms with van der Waals surface area (Å²) in [7, 11) is 0. The van der Waals surface area contributed by atoms with Crippen molar-refractivity contribution in [3.8, 4) is 0 Å². The minimum Gasteiger partial charge on any atom is -0.355 e. The largest absolute Gasteiger partial charge is 0.355 e. The van der Waals surface area contributed by atoms with Gasteiger partial charge in [0.2, 0.25) is 5.91 Å². The number of thioether (sulfide) groups is 1. The highest BCUT2D eigenvalue weighted by atomic mass is 32.2. The Bertz CT molecular complexity index is 644. The van der Waals surface area contributed by atoms with E-state index in [1.807, 2.05) is 11.8 Å². The third kappa shape index (κ3) is 4.74. The minimum atomic E-state index is 0.171. The van der Waals surface area contributed by atoms with Gasteiger partial charge in [0.1, 0.15) is 0 Å². The first-order valence-electron chi connectivity index (χ1n) is 8.68. The molecule has 0 aliphatic heterocycles. The summed E-state index contributed by atoms with van der Waals surface area (Å²) < 4.78 is 0. The lowest BCUT2D eigenvalue weighted by Crippen LogP contribution is -2.26. The van der Waals surface area contributed by atoms with Crippen molar-refractivity contribution >= 4 is 28.4 Å². The lowest BCUT2D eigenvalue weighted by atomic mass is 10.0. The number of aryl methyl sites for hydroxylation is 1. The molecule has 0 bridgehead atoms. The Hall–Kier alpha value is -1.48.